The van der Waals surface area contributed by atoms with Crippen LogP contribution in [0.1, 0.15) is 49.1 Å². The third-order valence-corrected chi connectivity index (χ3v) is 5.98. The van der Waals surface area contributed by atoms with E-state index in [9.17, 15) is 4.79 Å². The first-order valence-electron chi connectivity index (χ1n) is 10.2. The molecule has 5 heteroatoms. The number of nitrogens with one attached hydrogen (secondary N) is 1. The lowest BCUT2D eigenvalue weighted by Crippen LogP contribution is -2.39. The predicted octanol–water partition coefficient (Wildman–Crippen LogP) is 4.12. The summed E-state index contributed by atoms with van der Waals surface area (Å²) in [4.78, 5) is 13.2. The van der Waals surface area contributed by atoms with Gasteiger partial charge in [-0.2, -0.15) is 0 Å². The van der Waals surface area contributed by atoms with E-state index in [1.165, 1.54) is 6.42 Å². The van der Waals surface area contributed by atoms with Crippen molar-refractivity contribution in [1.82, 2.24) is 5.32 Å². The van der Waals surface area contributed by atoms with Gasteiger partial charge in [0.1, 0.15) is 17.6 Å². The molecule has 2 fully saturated rings. The highest BCUT2D eigenvalue weighted by atomic mass is 16.7. The molecule has 2 aliphatic heterocycles. The lowest BCUT2D eigenvalue weighted by Gasteiger charge is -2.32. The summed E-state index contributed by atoms with van der Waals surface area (Å²) in [6, 6.07) is 15.5. The first-order chi connectivity index (χ1) is 13.7. The number of hydrogen-bond donors (Lipinski definition) is 1. The van der Waals surface area contributed by atoms with Crippen LogP contribution in [0.4, 0.5) is 0 Å². The van der Waals surface area contributed by atoms with Gasteiger partial charge in [-0.25, -0.2) is 0 Å². The van der Waals surface area contributed by atoms with Crippen LogP contribution in [0.3, 0.4) is 0 Å². The highest BCUT2D eigenvalue weighted by molar-refractivity contribution is 5.89. The van der Waals surface area contributed by atoms with Crippen molar-refractivity contribution >= 4 is 5.91 Å². The lowest BCUT2D eigenvalue weighted by atomic mass is 9.87. The highest BCUT2D eigenvalue weighted by Gasteiger charge is 2.42. The lowest BCUT2D eigenvalue weighted by molar-refractivity contribution is -0.186. The van der Waals surface area contributed by atoms with Gasteiger partial charge in [0.2, 0.25) is 5.91 Å². The molecule has 28 heavy (non-hydrogen) atoms. The Kier molecular flexibility index (Phi) is 4.57. The molecule has 0 radical (unpaired) electrons. The fourth-order valence-corrected chi connectivity index (χ4v) is 4.58. The maximum atomic E-state index is 13.2. The van der Waals surface area contributed by atoms with E-state index < -0.39 is 5.79 Å². The number of para-hydroxylation sites is 2. The van der Waals surface area contributed by atoms with E-state index in [1.54, 1.807) is 0 Å². The van der Waals surface area contributed by atoms with E-state index in [0.717, 1.165) is 48.3 Å². The minimum Gasteiger partial charge on any atom is -0.457 e. The highest BCUT2D eigenvalue weighted by Crippen LogP contribution is 2.44. The van der Waals surface area contributed by atoms with Gasteiger partial charge < -0.3 is 19.5 Å². The van der Waals surface area contributed by atoms with Crippen LogP contribution in [0.5, 0.6) is 11.5 Å². The Balaban J connectivity index is 1.31. The van der Waals surface area contributed by atoms with Crippen molar-refractivity contribution < 1.29 is 19.0 Å². The van der Waals surface area contributed by atoms with E-state index >= 15 is 0 Å². The van der Waals surface area contributed by atoms with Crippen molar-refractivity contribution in [2.45, 2.75) is 49.9 Å². The van der Waals surface area contributed by atoms with Crippen LogP contribution >= 0.6 is 0 Å². The molecule has 0 unspecified atom stereocenters. The largest absolute Gasteiger partial charge is 0.457 e. The van der Waals surface area contributed by atoms with Crippen LogP contribution < -0.4 is 10.1 Å². The van der Waals surface area contributed by atoms with Gasteiger partial charge in [0.25, 0.3) is 0 Å². The molecule has 1 atom stereocenters. The van der Waals surface area contributed by atoms with Crippen molar-refractivity contribution in [3.8, 4) is 11.5 Å². The summed E-state index contributed by atoms with van der Waals surface area (Å²) in [7, 11) is 0. The molecule has 1 N–H and O–H groups in total. The standard InChI is InChI=1S/C23H25NO4/c25-22(24-14-16-15-26-23(28-16)12-6-1-7-13-23)21-17-8-2-4-10-19(17)27-20-11-5-3-9-18(20)21/h2-5,8-11,16,21H,1,6-7,12-15H2,(H,24,25)/t16-/m0/s1. The number of carbonyl (C=O) groups excluding carboxylic acids is 1. The average Bonchev–Trinajstić information content (AvgIpc) is 3.12. The zero-order chi connectivity index (χ0) is 19.0. The van der Waals surface area contributed by atoms with Gasteiger partial charge in [-0.1, -0.05) is 42.8 Å². The minimum absolute atomic E-state index is 0.0311. The molecule has 1 saturated carbocycles. The van der Waals surface area contributed by atoms with Crippen LogP contribution in [0.2, 0.25) is 0 Å². The van der Waals surface area contributed by atoms with Crippen LogP contribution in [-0.4, -0.2) is 30.9 Å². The van der Waals surface area contributed by atoms with E-state index in [2.05, 4.69) is 5.32 Å². The summed E-state index contributed by atoms with van der Waals surface area (Å²) in [6.07, 6.45) is 5.37. The fourth-order valence-electron chi connectivity index (χ4n) is 4.58. The summed E-state index contributed by atoms with van der Waals surface area (Å²) >= 11 is 0. The number of amides is 1. The zero-order valence-corrected chi connectivity index (χ0v) is 15.9. The molecule has 0 aromatic heterocycles. The Morgan fingerprint density at radius 2 is 1.61 bits per heavy atom. The molecule has 1 amide bonds. The van der Waals surface area contributed by atoms with E-state index in [1.807, 2.05) is 48.5 Å². The number of rotatable bonds is 3. The van der Waals surface area contributed by atoms with Gasteiger partial charge in [-0.3, -0.25) is 4.79 Å². The Bertz CT molecular complexity index is 829. The Hall–Kier alpha value is -2.37. The Morgan fingerprint density at radius 1 is 0.964 bits per heavy atom. The van der Waals surface area contributed by atoms with E-state index in [-0.39, 0.29) is 17.9 Å². The first kappa shape index (κ1) is 17.7. The second-order valence-corrected chi connectivity index (χ2v) is 7.88. The summed E-state index contributed by atoms with van der Waals surface area (Å²) in [5.74, 6) is 0.653. The predicted molar refractivity (Wildman–Crippen MR) is 104 cm³/mol. The zero-order valence-electron chi connectivity index (χ0n) is 15.9. The second kappa shape index (κ2) is 7.22. The van der Waals surface area contributed by atoms with Gasteiger partial charge in [0.15, 0.2) is 5.79 Å². The topological polar surface area (TPSA) is 56.8 Å². The van der Waals surface area contributed by atoms with Crippen molar-refractivity contribution in [3.05, 3.63) is 59.7 Å². The van der Waals surface area contributed by atoms with Gasteiger partial charge >= 0.3 is 0 Å². The third-order valence-electron chi connectivity index (χ3n) is 5.98. The summed E-state index contributed by atoms with van der Waals surface area (Å²) in [5.41, 5.74) is 1.79. The molecule has 146 valence electrons. The third kappa shape index (κ3) is 3.19. The number of ether oxygens (including phenoxy) is 3. The van der Waals surface area contributed by atoms with E-state index in [4.69, 9.17) is 14.2 Å². The number of benzene rings is 2. The molecule has 2 aromatic rings. The summed E-state index contributed by atoms with van der Waals surface area (Å²) in [5, 5.41) is 3.10. The molecular formula is C23H25NO4. The van der Waals surface area contributed by atoms with Crippen LogP contribution in [0.15, 0.2) is 48.5 Å². The average molecular weight is 379 g/mol. The Morgan fingerprint density at radius 3 is 2.29 bits per heavy atom. The maximum Gasteiger partial charge on any atom is 0.232 e. The number of hydrogen-bond acceptors (Lipinski definition) is 4. The summed E-state index contributed by atoms with van der Waals surface area (Å²) in [6.45, 7) is 1.00. The molecule has 1 saturated heterocycles. The second-order valence-electron chi connectivity index (χ2n) is 7.88. The van der Waals surface area contributed by atoms with Crippen molar-refractivity contribution in [2.24, 2.45) is 0 Å². The fraction of sp³-hybridized carbons (Fsp3) is 0.435. The normalized spacial score (nSPS) is 22.9. The van der Waals surface area contributed by atoms with Crippen LogP contribution in [0.25, 0.3) is 0 Å². The molecule has 5 rings (SSSR count). The molecular weight excluding hydrogens is 354 g/mol. The molecule has 0 bridgehead atoms. The molecule has 3 aliphatic rings. The van der Waals surface area contributed by atoms with Crippen LogP contribution in [-0.2, 0) is 14.3 Å². The van der Waals surface area contributed by atoms with Crippen molar-refractivity contribution in [3.63, 3.8) is 0 Å². The smallest absolute Gasteiger partial charge is 0.232 e. The number of fused-ring (bicyclic) bond motifs is 2. The Labute approximate surface area is 165 Å². The van der Waals surface area contributed by atoms with Gasteiger partial charge in [-0.15, -0.1) is 0 Å². The van der Waals surface area contributed by atoms with Crippen LogP contribution in [0, 0.1) is 0 Å². The molecule has 2 heterocycles. The van der Waals surface area contributed by atoms with Crippen molar-refractivity contribution in [1.29, 1.82) is 0 Å². The molecule has 1 spiro atoms. The quantitative estimate of drug-likeness (QED) is 0.872. The first-order valence-corrected chi connectivity index (χ1v) is 10.2. The van der Waals surface area contributed by atoms with Gasteiger partial charge in [0, 0.05) is 30.5 Å². The molecule has 2 aromatic carbocycles. The minimum atomic E-state index is -0.411. The van der Waals surface area contributed by atoms with Gasteiger partial charge in [0.05, 0.1) is 12.5 Å². The molecule has 5 nitrogen and oxygen atoms in total. The van der Waals surface area contributed by atoms with Crippen molar-refractivity contribution in [2.75, 3.05) is 13.2 Å². The SMILES string of the molecule is O=C(NC[C@H]1COC2(CCCCC2)O1)C1c2ccccc2Oc2ccccc21. The summed E-state index contributed by atoms with van der Waals surface area (Å²) < 4.78 is 18.2. The monoisotopic (exact) mass is 379 g/mol. The number of carbonyl (C=O) groups is 1. The van der Waals surface area contributed by atoms with Gasteiger partial charge in [-0.05, 0) is 25.0 Å². The maximum absolute atomic E-state index is 13.2. The molecule has 1 aliphatic carbocycles. The van der Waals surface area contributed by atoms with E-state index in [0.29, 0.717) is 13.2 Å².